The van der Waals surface area contributed by atoms with E-state index in [9.17, 15) is 9.59 Å². The molecule has 2 saturated heterocycles. The molecule has 0 aromatic heterocycles. The van der Waals surface area contributed by atoms with Crippen LogP contribution in [-0.2, 0) is 9.59 Å². The Bertz CT molecular complexity index is 318. The maximum absolute atomic E-state index is 12.2. The first-order chi connectivity index (χ1) is 8.66. The van der Waals surface area contributed by atoms with Crippen molar-refractivity contribution in [3.8, 4) is 0 Å². The molecule has 0 saturated carbocycles. The van der Waals surface area contributed by atoms with E-state index >= 15 is 0 Å². The number of nitrogens with one attached hydrogen (secondary N) is 1. The monoisotopic (exact) mass is 272 g/mol. The van der Waals surface area contributed by atoms with E-state index < -0.39 is 5.97 Å². The van der Waals surface area contributed by atoms with Crippen molar-refractivity contribution in [2.45, 2.75) is 25.3 Å². The van der Waals surface area contributed by atoms with Crippen molar-refractivity contribution in [3.05, 3.63) is 0 Å². The average Bonchev–Trinajstić information content (AvgIpc) is 2.81. The molecule has 2 heterocycles. The summed E-state index contributed by atoms with van der Waals surface area (Å²) in [5.74, 6) is 1.42. The highest BCUT2D eigenvalue weighted by molar-refractivity contribution is 7.99. The van der Waals surface area contributed by atoms with E-state index in [4.69, 9.17) is 5.11 Å². The van der Waals surface area contributed by atoms with Gasteiger partial charge in [-0.1, -0.05) is 0 Å². The number of hydrogen-bond donors (Lipinski definition) is 2. The van der Waals surface area contributed by atoms with Gasteiger partial charge in [-0.25, -0.2) is 0 Å². The van der Waals surface area contributed by atoms with Crippen molar-refractivity contribution in [2.24, 2.45) is 5.92 Å². The van der Waals surface area contributed by atoms with Crippen LogP contribution < -0.4 is 5.32 Å². The Hall–Kier alpha value is -0.750. The van der Waals surface area contributed by atoms with Gasteiger partial charge >= 0.3 is 5.97 Å². The number of carboxylic acids is 1. The van der Waals surface area contributed by atoms with Gasteiger partial charge in [-0.2, -0.15) is 11.8 Å². The van der Waals surface area contributed by atoms with Crippen molar-refractivity contribution >= 4 is 23.6 Å². The van der Waals surface area contributed by atoms with Gasteiger partial charge in [0.05, 0.1) is 12.5 Å². The maximum Gasteiger partial charge on any atom is 0.305 e. The number of aliphatic carboxylic acids is 1. The summed E-state index contributed by atoms with van der Waals surface area (Å²) in [6, 6.07) is -0.122. The third-order valence-electron chi connectivity index (χ3n) is 3.58. The molecule has 1 amide bonds. The van der Waals surface area contributed by atoms with Crippen molar-refractivity contribution in [2.75, 3.05) is 31.1 Å². The van der Waals surface area contributed by atoms with Gasteiger partial charge in [-0.15, -0.1) is 0 Å². The number of carbonyl (C=O) groups excluding carboxylic acids is 1. The zero-order valence-electron chi connectivity index (χ0n) is 10.4. The van der Waals surface area contributed by atoms with Gasteiger partial charge in [0.15, 0.2) is 0 Å². The molecule has 0 aromatic carbocycles. The number of rotatable bonds is 4. The minimum absolute atomic E-state index is 0.0711. The van der Waals surface area contributed by atoms with Crippen LogP contribution in [0, 0.1) is 5.92 Å². The number of amides is 1. The van der Waals surface area contributed by atoms with Gasteiger partial charge in [0.2, 0.25) is 5.91 Å². The molecule has 2 aliphatic rings. The van der Waals surface area contributed by atoms with Crippen LogP contribution in [0.25, 0.3) is 0 Å². The molecular formula is C12H20N2O3S. The topological polar surface area (TPSA) is 69.6 Å². The van der Waals surface area contributed by atoms with Crippen molar-refractivity contribution in [1.29, 1.82) is 0 Å². The highest BCUT2D eigenvalue weighted by atomic mass is 32.2. The molecule has 0 aliphatic carbocycles. The summed E-state index contributed by atoms with van der Waals surface area (Å²) >= 11 is 1.74. The molecule has 0 bridgehead atoms. The molecule has 2 fully saturated rings. The highest BCUT2D eigenvalue weighted by Gasteiger charge is 2.30. The third-order valence-corrected chi connectivity index (χ3v) is 4.68. The minimum atomic E-state index is -0.817. The molecule has 2 atom stereocenters. The molecule has 2 N–H and O–H groups in total. The van der Waals surface area contributed by atoms with E-state index in [0.717, 1.165) is 31.0 Å². The zero-order valence-corrected chi connectivity index (χ0v) is 11.2. The number of thioether (sulfide) groups is 1. The van der Waals surface area contributed by atoms with Crippen molar-refractivity contribution in [3.63, 3.8) is 0 Å². The summed E-state index contributed by atoms with van der Waals surface area (Å²) in [5, 5.41) is 12.1. The van der Waals surface area contributed by atoms with E-state index in [-0.39, 0.29) is 18.4 Å². The smallest absolute Gasteiger partial charge is 0.305 e. The molecule has 0 spiro atoms. The summed E-state index contributed by atoms with van der Waals surface area (Å²) in [6.07, 6.45) is 1.69. The lowest BCUT2D eigenvalue weighted by Crippen LogP contribution is -2.47. The molecule has 2 unspecified atom stereocenters. The van der Waals surface area contributed by atoms with E-state index in [1.807, 2.05) is 0 Å². The van der Waals surface area contributed by atoms with Crippen molar-refractivity contribution < 1.29 is 14.7 Å². The van der Waals surface area contributed by atoms with Crippen LogP contribution in [0.5, 0.6) is 0 Å². The molecule has 102 valence electrons. The molecule has 18 heavy (non-hydrogen) atoms. The van der Waals surface area contributed by atoms with E-state index in [0.29, 0.717) is 18.9 Å². The van der Waals surface area contributed by atoms with Crippen LogP contribution in [0.1, 0.15) is 19.3 Å². The fraction of sp³-hybridized carbons (Fsp3) is 0.833. The van der Waals surface area contributed by atoms with Crippen LogP contribution in [0.3, 0.4) is 0 Å². The Labute approximate surface area is 111 Å². The summed E-state index contributed by atoms with van der Waals surface area (Å²) in [6.45, 7) is 2.60. The van der Waals surface area contributed by atoms with Crippen LogP contribution in [0.2, 0.25) is 0 Å². The maximum atomic E-state index is 12.2. The van der Waals surface area contributed by atoms with Crippen LogP contribution >= 0.6 is 11.8 Å². The molecular weight excluding hydrogens is 252 g/mol. The third kappa shape index (κ3) is 3.62. The normalized spacial score (nSPS) is 28.3. The van der Waals surface area contributed by atoms with Crippen LogP contribution in [0.15, 0.2) is 0 Å². The van der Waals surface area contributed by atoms with E-state index in [1.165, 1.54) is 0 Å². The quantitative estimate of drug-likeness (QED) is 0.775. The number of carbonyl (C=O) groups is 2. The summed E-state index contributed by atoms with van der Waals surface area (Å²) in [5.41, 5.74) is 0. The standard InChI is InChI=1S/C12H20N2O3S/c15-11(5-9-1-2-13-7-9)14-3-4-18-8-10(14)6-12(16)17/h9-10,13H,1-8H2,(H,16,17). The summed E-state index contributed by atoms with van der Waals surface area (Å²) < 4.78 is 0. The Morgan fingerprint density at radius 1 is 1.39 bits per heavy atom. The van der Waals surface area contributed by atoms with Gasteiger partial charge in [0.1, 0.15) is 0 Å². The van der Waals surface area contributed by atoms with Gasteiger partial charge in [0, 0.05) is 24.5 Å². The Kier molecular flexibility index (Phi) is 4.88. The molecule has 0 radical (unpaired) electrons. The lowest BCUT2D eigenvalue weighted by molar-refractivity contribution is -0.140. The first-order valence-electron chi connectivity index (χ1n) is 6.46. The van der Waals surface area contributed by atoms with E-state index in [1.54, 1.807) is 16.7 Å². The second-order valence-electron chi connectivity index (χ2n) is 4.98. The first-order valence-corrected chi connectivity index (χ1v) is 7.62. The average molecular weight is 272 g/mol. The minimum Gasteiger partial charge on any atom is -0.481 e. The summed E-state index contributed by atoms with van der Waals surface area (Å²) in [7, 11) is 0. The highest BCUT2D eigenvalue weighted by Crippen LogP contribution is 2.22. The molecule has 2 rings (SSSR count). The van der Waals surface area contributed by atoms with Gasteiger partial charge in [0.25, 0.3) is 0 Å². The first kappa shape index (κ1) is 13.7. The SMILES string of the molecule is O=C(O)CC1CSCCN1C(=O)CC1CCNC1. The number of nitrogens with zero attached hydrogens (tertiary/aromatic N) is 1. The number of carboxylic acid groups (broad SMARTS) is 1. The molecule has 6 heteroatoms. The predicted molar refractivity (Wildman–Crippen MR) is 70.7 cm³/mol. The molecule has 2 aliphatic heterocycles. The van der Waals surface area contributed by atoms with Gasteiger partial charge < -0.3 is 15.3 Å². The van der Waals surface area contributed by atoms with Crippen LogP contribution in [0.4, 0.5) is 0 Å². The summed E-state index contributed by atoms with van der Waals surface area (Å²) in [4.78, 5) is 24.9. The number of hydrogen-bond acceptors (Lipinski definition) is 4. The van der Waals surface area contributed by atoms with Gasteiger partial charge in [-0.3, -0.25) is 9.59 Å². The van der Waals surface area contributed by atoms with Crippen LogP contribution in [-0.4, -0.2) is 59.1 Å². The Balaban J connectivity index is 1.90. The zero-order chi connectivity index (χ0) is 13.0. The second-order valence-corrected chi connectivity index (χ2v) is 6.13. The van der Waals surface area contributed by atoms with Crippen molar-refractivity contribution in [1.82, 2.24) is 10.2 Å². The molecule has 0 aromatic rings. The lowest BCUT2D eigenvalue weighted by atomic mass is 10.0. The fourth-order valence-corrected chi connectivity index (χ4v) is 3.67. The predicted octanol–water partition coefficient (Wildman–Crippen LogP) is 0.405. The molecule has 5 nitrogen and oxygen atoms in total. The largest absolute Gasteiger partial charge is 0.481 e. The second kappa shape index (κ2) is 6.43. The van der Waals surface area contributed by atoms with Gasteiger partial charge in [-0.05, 0) is 25.4 Å². The lowest BCUT2D eigenvalue weighted by Gasteiger charge is -2.35. The Morgan fingerprint density at radius 2 is 2.22 bits per heavy atom. The van der Waals surface area contributed by atoms with E-state index in [2.05, 4.69) is 5.32 Å². The Morgan fingerprint density at radius 3 is 2.89 bits per heavy atom. The fourth-order valence-electron chi connectivity index (χ4n) is 2.61.